The second-order valence-electron chi connectivity index (χ2n) is 8.50. The zero-order valence-electron chi connectivity index (χ0n) is 20.5. The second kappa shape index (κ2) is 15.3. The van der Waals surface area contributed by atoms with Gasteiger partial charge < -0.3 is 0 Å². The van der Waals surface area contributed by atoms with E-state index < -0.39 is 0 Å². The van der Waals surface area contributed by atoms with E-state index in [1.807, 2.05) is 66.4 Å². The van der Waals surface area contributed by atoms with E-state index in [-0.39, 0.29) is 14.5 Å². The van der Waals surface area contributed by atoms with E-state index in [4.69, 9.17) is 15.0 Å². The van der Waals surface area contributed by atoms with E-state index in [0.29, 0.717) is 37.5 Å². The molecule has 0 radical (unpaired) electrons. The highest BCUT2D eigenvalue weighted by atomic mass is 79.9. The third-order valence-corrected chi connectivity index (χ3v) is 9.97. The molecule has 12 heteroatoms. The van der Waals surface area contributed by atoms with E-state index in [1.165, 1.54) is 0 Å². The van der Waals surface area contributed by atoms with Gasteiger partial charge in [-0.3, -0.25) is 11.8 Å². The number of anilines is 3. The second-order valence-corrected chi connectivity index (χ2v) is 14.4. The maximum Gasteiger partial charge on any atom is 0.242 e. The Morgan fingerprint density at radius 3 is 0.897 bits per heavy atom. The number of alkyl halides is 3. The van der Waals surface area contributed by atoms with Crippen LogP contribution in [0.2, 0.25) is 0 Å². The zero-order valence-corrected chi connectivity index (χ0v) is 30.0. The van der Waals surface area contributed by atoms with Gasteiger partial charge >= 0.3 is 0 Å². The van der Waals surface area contributed by atoms with Crippen LogP contribution < -0.4 is 11.8 Å². The predicted octanol–water partition coefficient (Wildman–Crippen LogP) is 9.63. The highest BCUT2D eigenvalue weighted by Crippen LogP contribution is 2.33. The Labute approximate surface area is 280 Å². The van der Waals surface area contributed by atoms with Crippen LogP contribution in [0, 0.1) is 0 Å². The van der Waals surface area contributed by atoms with Crippen molar-refractivity contribution in [3.8, 4) is 0 Å². The summed E-state index contributed by atoms with van der Waals surface area (Å²) in [6.45, 7) is 1.77. The van der Waals surface area contributed by atoms with Crippen molar-refractivity contribution in [1.29, 1.82) is 0 Å². The smallest absolute Gasteiger partial charge is 0.242 e. The van der Waals surface area contributed by atoms with Crippen LogP contribution in [0.3, 0.4) is 0 Å². The minimum atomic E-state index is 0.0666. The van der Waals surface area contributed by atoms with Crippen LogP contribution in [0.25, 0.3) is 0 Å². The first kappa shape index (κ1) is 30.9. The summed E-state index contributed by atoms with van der Waals surface area (Å²) < 4.78 is 5.55. The van der Waals surface area contributed by atoms with Crippen molar-refractivity contribution in [2.45, 2.75) is 14.5 Å². The molecule has 0 aliphatic rings. The summed E-state index contributed by atoms with van der Waals surface area (Å²) in [4.78, 5) is 14.5. The molecule has 6 nitrogen and oxygen atoms in total. The molecule has 3 atom stereocenters. The largest absolute Gasteiger partial charge is 0.275 e. The van der Waals surface area contributed by atoms with Crippen LogP contribution in [0.5, 0.6) is 0 Å². The fourth-order valence-electron chi connectivity index (χ4n) is 3.64. The van der Waals surface area contributed by atoms with Gasteiger partial charge in [0.25, 0.3) is 0 Å². The third-order valence-electron chi connectivity index (χ3n) is 5.70. The first-order chi connectivity index (χ1) is 18.8. The number of nitrogens with zero attached hydrogens (tertiary/aromatic N) is 6. The Kier molecular flexibility index (Phi) is 12.1. The molecule has 0 saturated heterocycles. The molecule has 0 N–H and O–H groups in total. The first-order valence-electron chi connectivity index (χ1n) is 11.9. The number of hydrogen-bond donors (Lipinski definition) is 0. The standard InChI is InChI=1S/C27H24Br6N6/c28-22(19-10-4-1-5-11-19)16-37(31)25-34-26(38(32)17-23(29)20-12-6-2-7-13-20)36-27(35-25)39(33)18-24(30)21-14-8-3-9-15-21/h1-15,22-24H,16-18H2. The maximum absolute atomic E-state index is 4.78. The van der Waals surface area contributed by atoms with Gasteiger partial charge in [0.05, 0.1) is 62.9 Å². The lowest BCUT2D eigenvalue weighted by Crippen LogP contribution is -2.25. The molecule has 4 aromatic rings. The molecule has 0 fully saturated rings. The molecule has 0 bridgehead atoms. The molecule has 0 amide bonds. The molecule has 0 aliphatic carbocycles. The summed E-state index contributed by atoms with van der Waals surface area (Å²) in [7, 11) is 0. The van der Waals surface area contributed by atoms with E-state index in [9.17, 15) is 0 Å². The third kappa shape index (κ3) is 8.97. The molecule has 3 unspecified atom stereocenters. The average Bonchev–Trinajstić information content (AvgIpc) is 2.98. The van der Waals surface area contributed by atoms with Crippen molar-refractivity contribution in [3.05, 3.63) is 108 Å². The van der Waals surface area contributed by atoms with Crippen molar-refractivity contribution >= 4 is 114 Å². The van der Waals surface area contributed by atoms with Gasteiger partial charge in [0.15, 0.2) is 0 Å². The number of aromatic nitrogens is 3. The van der Waals surface area contributed by atoms with Gasteiger partial charge in [0.2, 0.25) is 17.8 Å². The van der Waals surface area contributed by atoms with E-state index in [1.54, 1.807) is 0 Å². The van der Waals surface area contributed by atoms with Gasteiger partial charge in [-0.1, -0.05) is 139 Å². The lowest BCUT2D eigenvalue weighted by atomic mass is 10.1. The molecule has 39 heavy (non-hydrogen) atoms. The van der Waals surface area contributed by atoms with Gasteiger partial charge in [0.1, 0.15) is 0 Å². The minimum absolute atomic E-state index is 0.0666. The van der Waals surface area contributed by atoms with Gasteiger partial charge in [-0.15, -0.1) is 0 Å². The normalized spacial score (nSPS) is 13.4. The molecule has 4 rings (SSSR count). The van der Waals surface area contributed by atoms with Crippen molar-refractivity contribution < 1.29 is 0 Å². The van der Waals surface area contributed by atoms with Crippen LogP contribution in [0.4, 0.5) is 17.8 Å². The molecule has 204 valence electrons. The fourth-order valence-corrected chi connectivity index (χ4v) is 7.93. The van der Waals surface area contributed by atoms with Crippen LogP contribution >= 0.6 is 96.2 Å². The highest BCUT2D eigenvalue weighted by Gasteiger charge is 2.23. The summed E-state index contributed by atoms with van der Waals surface area (Å²) in [6, 6.07) is 30.7. The lowest BCUT2D eigenvalue weighted by Gasteiger charge is -2.24. The summed E-state index contributed by atoms with van der Waals surface area (Å²) >= 11 is 22.5. The van der Waals surface area contributed by atoms with Crippen molar-refractivity contribution in [1.82, 2.24) is 15.0 Å². The first-order valence-corrected chi connectivity index (χ1v) is 16.8. The van der Waals surface area contributed by atoms with Crippen LogP contribution in [-0.4, -0.2) is 34.6 Å². The molecular weight excluding hydrogens is 888 g/mol. The van der Waals surface area contributed by atoms with Gasteiger partial charge in [0, 0.05) is 19.6 Å². The number of halogens is 6. The fraction of sp³-hybridized carbons (Fsp3) is 0.222. The summed E-state index contributed by atoms with van der Waals surface area (Å²) in [6.07, 6.45) is 0. The van der Waals surface area contributed by atoms with Crippen molar-refractivity contribution in [2.75, 3.05) is 31.4 Å². The quantitative estimate of drug-likeness (QED) is 0.104. The molecule has 0 spiro atoms. The van der Waals surface area contributed by atoms with E-state index in [2.05, 4.69) is 133 Å². The van der Waals surface area contributed by atoms with Gasteiger partial charge in [-0.2, -0.15) is 15.0 Å². The van der Waals surface area contributed by atoms with Crippen LogP contribution in [0.15, 0.2) is 91.0 Å². The summed E-state index contributed by atoms with van der Waals surface area (Å²) in [5.74, 6) is 1.46. The number of rotatable bonds is 12. The van der Waals surface area contributed by atoms with Crippen molar-refractivity contribution in [3.63, 3.8) is 0 Å². The average molecular weight is 912 g/mol. The Bertz CT molecular complexity index is 1130. The monoisotopic (exact) mass is 906 g/mol. The molecule has 3 aromatic carbocycles. The Balaban J connectivity index is 1.59. The SMILES string of the molecule is BrC(CN(Br)c1nc(N(Br)CC(Br)c2ccccc2)nc(N(Br)CC(Br)c2ccccc2)n1)c1ccccc1. The molecule has 0 aliphatic heterocycles. The number of hydrogen-bond acceptors (Lipinski definition) is 6. The minimum Gasteiger partial charge on any atom is -0.275 e. The van der Waals surface area contributed by atoms with Crippen LogP contribution in [-0.2, 0) is 0 Å². The van der Waals surface area contributed by atoms with Gasteiger partial charge in [-0.05, 0) is 16.7 Å². The molecule has 1 heterocycles. The van der Waals surface area contributed by atoms with Crippen molar-refractivity contribution in [2.24, 2.45) is 0 Å². The lowest BCUT2D eigenvalue weighted by molar-refractivity contribution is 0.862. The molecule has 0 saturated carbocycles. The zero-order chi connectivity index (χ0) is 27.8. The molecule has 1 aromatic heterocycles. The predicted molar refractivity (Wildman–Crippen MR) is 183 cm³/mol. The topological polar surface area (TPSA) is 48.4 Å². The summed E-state index contributed by atoms with van der Waals surface area (Å²) in [5, 5.41) is 0. The van der Waals surface area contributed by atoms with E-state index in [0.717, 1.165) is 16.7 Å². The maximum atomic E-state index is 4.78. The Morgan fingerprint density at radius 1 is 0.436 bits per heavy atom. The summed E-state index contributed by atoms with van der Waals surface area (Å²) in [5.41, 5.74) is 3.49. The molecular formula is C27H24Br6N6. The Morgan fingerprint density at radius 2 is 0.667 bits per heavy atom. The Hall–Kier alpha value is -1.05. The number of benzene rings is 3. The van der Waals surface area contributed by atoms with Crippen LogP contribution in [0.1, 0.15) is 31.2 Å². The van der Waals surface area contributed by atoms with Gasteiger partial charge in [-0.25, -0.2) is 0 Å². The van der Waals surface area contributed by atoms with E-state index >= 15 is 0 Å². The highest BCUT2D eigenvalue weighted by molar-refractivity contribution is 9.11.